The number of carbonyl (C=O) groups is 1. The molecule has 2 atom stereocenters. The minimum atomic E-state index is -0.395. The van der Waals surface area contributed by atoms with Gasteiger partial charge in [-0.3, -0.25) is 4.79 Å². The molecule has 0 aliphatic rings. The van der Waals surface area contributed by atoms with Gasteiger partial charge in [0, 0.05) is 10.6 Å². The Labute approximate surface area is 175 Å². The van der Waals surface area contributed by atoms with Crippen LogP contribution in [0.15, 0.2) is 59.1 Å². The Kier molecular flexibility index (Phi) is 7.38. The van der Waals surface area contributed by atoms with E-state index in [2.05, 4.69) is 15.5 Å². The molecule has 0 bridgehead atoms. The SMILES string of the molecule is CCC(C)C(NC(=O)COCc1ccccc1)c1nc(-c2cccc(Cl)c2)no1. The summed E-state index contributed by atoms with van der Waals surface area (Å²) in [5, 5.41) is 7.60. The van der Waals surface area contributed by atoms with Crippen LogP contribution in [0.5, 0.6) is 0 Å². The van der Waals surface area contributed by atoms with Crippen molar-refractivity contribution in [3.8, 4) is 11.4 Å². The lowest BCUT2D eigenvalue weighted by atomic mass is 9.99. The lowest BCUT2D eigenvalue weighted by Crippen LogP contribution is -2.35. The third kappa shape index (κ3) is 5.89. The summed E-state index contributed by atoms with van der Waals surface area (Å²) in [4.78, 5) is 16.9. The maximum atomic E-state index is 12.4. The van der Waals surface area contributed by atoms with E-state index in [-0.39, 0.29) is 18.4 Å². The molecule has 0 saturated carbocycles. The Morgan fingerprint density at radius 3 is 2.72 bits per heavy atom. The normalized spacial score (nSPS) is 13.1. The molecule has 29 heavy (non-hydrogen) atoms. The van der Waals surface area contributed by atoms with Crippen LogP contribution in [0.25, 0.3) is 11.4 Å². The van der Waals surface area contributed by atoms with Crippen LogP contribution < -0.4 is 5.32 Å². The first kappa shape index (κ1) is 21.0. The number of amides is 1. The molecule has 1 amide bonds. The van der Waals surface area contributed by atoms with E-state index in [1.54, 1.807) is 12.1 Å². The second-order valence-electron chi connectivity index (χ2n) is 6.88. The van der Waals surface area contributed by atoms with E-state index in [4.69, 9.17) is 20.9 Å². The third-order valence-electron chi connectivity index (χ3n) is 4.66. The number of hydrogen-bond donors (Lipinski definition) is 1. The van der Waals surface area contributed by atoms with Crippen molar-refractivity contribution in [1.29, 1.82) is 0 Å². The molecular weight excluding hydrogens is 390 g/mol. The molecule has 0 aliphatic heterocycles. The zero-order chi connectivity index (χ0) is 20.6. The summed E-state index contributed by atoms with van der Waals surface area (Å²) in [7, 11) is 0. The van der Waals surface area contributed by atoms with Gasteiger partial charge in [0.05, 0.1) is 6.61 Å². The van der Waals surface area contributed by atoms with Crippen LogP contribution >= 0.6 is 11.6 Å². The summed E-state index contributed by atoms with van der Waals surface area (Å²) in [6.07, 6.45) is 0.838. The van der Waals surface area contributed by atoms with Crippen molar-refractivity contribution < 1.29 is 14.1 Å². The number of rotatable bonds is 9. The molecule has 7 heteroatoms. The fraction of sp³-hybridized carbons (Fsp3) is 0.318. The van der Waals surface area contributed by atoms with Gasteiger partial charge in [0.1, 0.15) is 12.6 Å². The van der Waals surface area contributed by atoms with Gasteiger partial charge in [-0.05, 0) is 23.6 Å². The first-order chi connectivity index (χ1) is 14.1. The zero-order valence-corrected chi connectivity index (χ0v) is 17.2. The molecular formula is C22H24ClN3O3. The maximum Gasteiger partial charge on any atom is 0.249 e. The molecule has 0 aliphatic carbocycles. The van der Waals surface area contributed by atoms with Gasteiger partial charge in [-0.1, -0.05) is 79.5 Å². The summed E-state index contributed by atoms with van der Waals surface area (Å²) < 4.78 is 11.0. The lowest BCUT2D eigenvalue weighted by molar-refractivity contribution is -0.127. The number of aromatic nitrogens is 2. The summed E-state index contributed by atoms with van der Waals surface area (Å²) in [6, 6.07) is 16.6. The largest absolute Gasteiger partial charge is 0.367 e. The van der Waals surface area contributed by atoms with Gasteiger partial charge in [-0.2, -0.15) is 4.98 Å². The van der Waals surface area contributed by atoms with Crippen molar-refractivity contribution in [3.63, 3.8) is 0 Å². The van der Waals surface area contributed by atoms with Crippen LogP contribution in [0.1, 0.15) is 37.8 Å². The third-order valence-corrected chi connectivity index (χ3v) is 4.90. The predicted molar refractivity (Wildman–Crippen MR) is 111 cm³/mol. The molecule has 6 nitrogen and oxygen atoms in total. The van der Waals surface area contributed by atoms with Gasteiger partial charge in [-0.15, -0.1) is 0 Å². The molecule has 1 heterocycles. The Bertz CT molecular complexity index is 930. The number of ether oxygens (including phenoxy) is 1. The van der Waals surface area contributed by atoms with E-state index in [1.165, 1.54) is 0 Å². The molecule has 2 aromatic carbocycles. The van der Waals surface area contributed by atoms with Crippen molar-refractivity contribution in [3.05, 3.63) is 71.1 Å². The fourth-order valence-electron chi connectivity index (χ4n) is 2.84. The summed E-state index contributed by atoms with van der Waals surface area (Å²) in [5.74, 6) is 0.686. The van der Waals surface area contributed by atoms with Crippen molar-refractivity contribution >= 4 is 17.5 Å². The molecule has 152 valence electrons. The molecule has 3 rings (SSSR count). The van der Waals surface area contributed by atoms with E-state index in [9.17, 15) is 4.79 Å². The average molecular weight is 414 g/mol. The van der Waals surface area contributed by atoms with Crippen LogP contribution in [-0.4, -0.2) is 22.7 Å². The molecule has 0 saturated heterocycles. The number of halogens is 1. The first-order valence-corrected chi connectivity index (χ1v) is 9.95. The smallest absolute Gasteiger partial charge is 0.249 e. The number of benzene rings is 2. The van der Waals surface area contributed by atoms with Crippen LogP contribution in [0.4, 0.5) is 0 Å². The summed E-state index contributed by atoms with van der Waals surface area (Å²) >= 11 is 6.04. The summed E-state index contributed by atoms with van der Waals surface area (Å²) in [5.41, 5.74) is 1.77. The van der Waals surface area contributed by atoms with Gasteiger partial charge in [0.2, 0.25) is 17.6 Å². The molecule has 1 aromatic heterocycles. The number of carbonyl (C=O) groups excluding carboxylic acids is 1. The molecule has 1 N–H and O–H groups in total. The average Bonchev–Trinajstić information content (AvgIpc) is 3.22. The Balaban J connectivity index is 1.64. The molecule has 2 unspecified atom stereocenters. The molecule has 3 aromatic rings. The second-order valence-corrected chi connectivity index (χ2v) is 7.31. The summed E-state index contributed by atoms with van der Waals surface area (Å²) in [6.45, 7) is 4.40. The first-order valence-electron chi connectivity index (χ1n) is 9.57. The quantitative estimate of drug-likeness (QED) is 0.544. The van der Waals surface area contributed by atoms with E-state index in [0.29, 0.717) is 23.3 Å². The van der Waals surface area contributed by atoms with Crippen molar-refractivity contribution in [2.24, 2.45) is 5.92 Å². The fourth-order valence-corrected chi connectivity index (χ4v) is 3.03. The van der Waals surface area contributed by atoms with E-state index in [1.807, 2.05) is 56.3 Å². The highest BCUT2D eigenvalue weighted by Gasteiger charge is 2.26. The van der Waals surface area contributed by atoms with Gasteiger partial charge in [-0.25, -0.2) is 0 Å². The molecule has 0 spiro atoms. The minimum absolute atomic E-state index is 0.0445. The zero-order valence-electron chi connectivity index (χ0n) is 16.5. The standard InChI is InChI=1S/C22H24ClN3O3/c1-3-15(2)20(24-19(27)14-28-13-16-8-5-4-6-9-16)22-25-21(26-29-22)17-10-7-11-18(23)12-17/h4-12,15,20H,3,13-14H2,1-2H3,(H,24,27). The monoisotopic (exact) mass is 413 g/mol. The highest BCUT2D eigenvalue weighted by atomic mass is 35.5. The van der Waals surface area contributed by atoms with Gasteiger partial charge < -0.3 is 14.6 Å². The van der Waals surface area contributed by atoms with Crippen molar-refractivity contribution in [2.45, 2.75) is 32.9 Å². The number of nitrogens with one attached hydrogen (secondary N) is 1. The van der Waals surface area contributed by atoms with Crippen LogP contribution in [-0.2, 0) is 16.1 Å². The number of nitrogens with zero attached hydrogens (tertiary/aromatic N) is 2. The van der Waals surface area contributed by atoms with Crippen LogP contribution in [0, 0.1) is 5.92 Å². The number of hydrogen-bond acceptors (Lipinski definition) is 5. The van der Waals surface area contributed by atoms with E-state index >= 15 is 0 Å². The molecule has 0 fully saturated rings. The van der Waals surface area contributed by atoms with Crippen LogP contribution in [0.2, 0.25) is 5.02 Å². The van der Waals surface area contributed by atoms with Gasteiger partial charge in [0.25, 0.3) is 0 Å². The lowest BCUT2D eigenvalue weighted by Gasteiger charge is -2.20. The topological polar surface area (TPSA) is 77.2 Å². The molecule has 0 radical (unpaired) electrons. The second kappa shape index (κ2) is 10.2. The van der Waals surface area contributed by atoms with E-state index < -0.39 is 6.04 Å². The highest BCUT2D eigenvalue weighted by molar-refractivity contribution is 6.30. The van der Waals surface area contributed by atoms with Crippen molar-refractivity contribution in [2.75, 3.05) is 6.61 Å². The Morgan fingerprint density at radius 1 is 1.21 bits per heavy atom. The van der Waals surface area contributed by atoms with Crippen molar-refractivity contribution in [1.82, 2.24) is 15.5 Å². The van der Waals surface area contributed by atoms with Crippen LogP contribution in [0.3, 0.4) is 0 Å². The van der Waals surface area contributed by atoms with E-state index in [0.717, 1.165) is 17.5 Å². The Hall–Kier alpha value is -2.70. The highest BCUT2D eigenvalue weighted by Crippen LogP contribution is 2.26. The maximum absolute atomic E-state index is 12.4. The predicted octanol–water partition coefficient (Wildman–Crippen LogP) is 4.81. The Morgan fingerprint density at radius 2 is 2.00 bits per heavy atom. The minimum Gasteiger partial charge on any atom is -0.367 e. The van der Waals surface area contributed by atoms with Gasteiger partial charge >= 0.3 is 0 Å². The van der Waals surface area contributed by atoms with Gasteiger partial charge in [0.15, 0.2) is 0 Å².